The lowest BCUT2D eigenvalue weighted by Gasteiger charge is -2.03. The molecule has 100 valence electrons. The summed E-state index contributed by atoms with van der Waals surface area (Å²) in [6, 6.07) is 11.1. The second kappa shape index (κ2) is 6.68. The number of hydrogen-bond acceptors (Lipinski definition) is 3. The van der Waals surface area contributed by atoms with Crippen LogP contribution in [0.15, 0.2) is 45.7 Å². The predicted octanol–water partition coefficient (Wildman–Crippen LogP) is 3.76. The Morgan fingerprint density at radius 1 is 1.26 bits per heavy atom. The number of carbonyl (C=O) groups is 1. The highest BCUT2D eigenvalue weighted by molar-refractivity contribution is 7.99. The van der Waals surface area contributed by atoms with Crippen LogP contribution in [0.5, 0.6) is 0 Å². The van der Waals surface area contributed by atoms with Gasteiger partial charge in [-0.3, -0.25) is 4.79 Å². The summed E-state index contributed by atoms with van der Waals surface area (Å²) in [4.78, 5) is 12.8. The van der Waals surface area contributed by atoms with Crippen LogP contribution in [0.4, 0.5) is 0 Å². The Hall–Kier alpha value is -1.39. The molecule has 1 N–H and O–H groups in total. The Kier molecular flexibility index (Phi) is 4.93. The van der Waals surface area contributed by atoms with Crippen molar-refractivity contribution in [3.63, 3.8) is 0 Å². The minimum atomic E-state index is -0.176. The zero-order chi connectivity index (χ0) is 13.7. The van der Waals surface area contributed by atoms with Crippen molar-refractivity contribution in [3.8, 4) is 0 Å². The van der Waals surface area contributed by atoms with Gasteiger partial charge in [0.05, 0.1) is 0 Å². The number of benzene rings is 1. The van der Waals surface area contributed by atoms with Crippen LogP contribution < -0.4 is 5.32 Å². The number of thioether (sulfide) groups is 1. The number of aryl methyl sites for hydroxylation is 1. The molecule has 0 saturated heterocycles. The first-order valence-corrected chi connectivity index (χ1v) is 7.24. The van der Waals surface area contributed by atoms with Gasteiger partial charge in [0.2, 0.25) is 0 Å². The highest BCUT2D eigenvalue weighted by atomic mass is 35.5. The highest BCUT2D eigenvalue weighted by Gasteiger charge is 2.08. The smallest absolute Gasteiger partial charge is 0.287 e. The molecule has 0 radical (unpaired) electrons. The van der Waals surface area contributed by atoms with Gasteiger partial charge in [-0.2, -0.15) is 0 Å². The minimum absolute atomic E-state index is 0.176. The van der Waals surface area contributed by atoms with Gasteiger partial charge >= 0.3 is 0 Å². The van der Waals surface area contributed by atoms with E-state index in [9.17, 15) is 4.79 Å². The first kappa shape index (κ1) is 14.0. The van der Waals surface area contributed by atoms with Crippen LogP contribution in [0, 0.1) is 6.92 Å². The fraction of sp³-hybridized carbons (Fsp3) is 0.214. The molecule has 0 saturated carbocycles. The molecule has 0 aliphatic heterocycles. The van der Waals surface area contributed by atoms with E-state index in [0.29, 0.717) is 12.3 Å². The Balaban J connectivity index is 1.72. The molecule has 5 heteroatoms. The molecule has 0 fully saturated rings. The summed E-state index contributed by atoms with van der Waals surface area (Å²) in [6.45, 7) is 2.40. The van der Waals surface area contributed by atoms with E-state index in [1.807, 2.05) is 31.2 Å². The molecule has 3 nitrogen and oxygen atoms in total. The monoisotopic (exact) mass is 295 g/mol. The van der Waals surface area contributed by atoms with Crippen molar-refractivity contribution >= 4 is 29.3 Å². The molecule has 0 spiro atoms. The van der Waals surface area contributed by atoms with Crippen molar-refractivity contribution in [2.75, 3.05) is 12.3 Å². The number of amides is 1. The van der Waals surface area contributed by atoms with Crippen molar-refractivity contribution < 1.29 is 9.21 Å². The maximum absolute atomic E-state index is 11.7. The van der Waals surface area contributed by atoms with Gasteiger partial charge in [-0.1, -0.05) is 11.6 Å². The molecule has 0 aliphatic carbocycles. The summed E-state index contributed by atoms with van der Waals surface area (Å²) >= 11 is 7.48. The van der Waals surface area contributed by atoms with Crippen LogP contribution in [-0.2, 0) is 0 Å². The normalized spacial score (nSPS) is 10.4. The summed E-state index contributed by atoms with van der Waals surface area (Å²) in [6.07, 6.45) is 0. The number of hydrogen-bond donors (Lipinski definition) is 1. The molecule has 2 rings (SSSR count). The van der Waals surface area contributed by atoms with Gasteiger partial charge in [0.15, 0.2) is 5.76 Å². The zero-order valence-electron chi connectivity index (χ0n) is 10.5. The third kappa shape index (κ3) is 4.33. The summed E-state index contributed by atoms with van der Waals surface area (Å²) in [5.74, 6) is 1.71. The maximum Gasteiger partial charge on any atom is 0.287 e. The molecule has 2 aromatic rings. The number of nitrogens with one attached hydrogen (secondary N) is 1. The predicted molar refractivity (Wildman–Crippen MR) is 78.0 cm³/mol. The summed E-state index contributed by atoms with van der Waals surface area (Å²) in [5.41, 5.74) is 0. The second-order valence-electron chi connectivity index (χ2n) is 3.97. The fourth-order valence-electron chi connectivity index (χ4n) is 1.51. The lowest BCUT2D eigenvalue weighted by atomic mass is 10.4. The summed E-state index contributed by atoms with van der Waals surface area (Å²) in [5, 5.41) is 3.54. The number of halogens is 1. The third-order valence-corrected chi connectivity index (χ3v) is 3.70. The van der Waals surface area contributed by atoms with Crippen LogP contribution in [0.25, 0.3) is 0 Å². The van der Waals surface area contributed by atoms with Crippen molar-refractivity contribution in [1.29, 1.82) is 0 Å². The van der Waals surface area contributed by atoms with E-state index in [1.54, 1.807) is 23.9 Å². The van der Waals surface area contributed by atoms with E-state index in [0.717, 1.165) is 21.4 Å². The third-order valence-electron chi connectivity index (χ3n) is 2.43. The lowest BCUT2D eigenvalue weighted by molar-refractivity contribution is 0.0927. The van der Waals surface area contributed by atoms with Gasteiger partial charge in [0.1, 0.15) is 5.76 Å². The van der Waals surface area contributed by atoms with E-state index in [1.165, 1.54) is 0 Å². The standard InChI is InChI=1S/C14H14ClNO2S/c1-10-2-7-13(18-10)14(17)16-8-9-19-12-5-3-11(15)4-6-12/h2-7H,8-9H2,1H3,(H,16,17). The second-order valence-corrected chi connectivity index (χ2v) is 5.57. The number of furan rings is 1. The van der Waals surface area contributed by atoms with Crippen molar-refractivity contribution in [2.24, 2.45) is 0 Å². The fourth-order valence-corrected chi connectivity index (χ4v) is 2.40. The van der Waals surface area contributed by atoms with Crippen LogP contribution in [0.2, 0.25) is 5.02 Å². The van der Waals surface area contributed by atoms with Crippen molar-refractivity contribution in [3.05, 3.63) is 52.9 Å². The van der Waals surface area contributed by atoms with E-state index >= 15 is 0 Å². The number of rotatable bonds is 5. The molecule has 1 aromatic heterocycles. The van der Waals surface area contributed by atoms with E-state index in [4.69, 9.17) is 16.0 Å². The zero-order valence-corrected chi connectivity index (χ0v) is 12.1. The van der Waals surface area contributed by atoms with Crippen molar-refractivity contribution in [1.82, 2.24) is 5.32 Å². The van der Waals surface area contributed by atoms with Crippen LogP contribution in [0.3, 0.4) is 0 Å². The summed E-state index contributed by atoms with van der Waals surface area (Å²) in [7, 11) is 0. The van der Waals surface area contributed by atoms with E-state index in [-0.39, 0.29) is 5.91 Å². The molecular weight excluding hydrogens is 282 g/mol. The van der Waals surface area contributed by atoms with Crippen LogP contribution in [-0.4, -0.2) is 18.2 Å². The topological polar surface area (TPSA) is 42.2 Å². The van der Waals surface area contributed by atoms with Gasteiger partial charge in [-0.05, 0) is 43.3 Å². The first-order chi connectivity index (χ1) is 9.15. The molecule has 1 amide bonds. The summed E-state index contributed by atoms with van der Waals surface area (Å²) < 4.78 is 5.24. The van der Waals surface area contributed by atoms with Gasteiger partial charge in [-0.25, -0.2) is 0 Å². The minimum Gasteiger partial charge on any atom is -0.456 e. The Morgan fingerprint density at radius 3 is 2.63 bits per heavy atom. The van der Waals surface area contributed by atoms with Crippen LogP contribution >= 0.6 is 23.4 Å². The van der Waals surface area contributed by atoms with Crippen LogP contribution in [0.1, 0.15) is 16.3 Å². The molecule has 1 heterocycles. The largest absolute Gasteiger partial charge is 0.456 e. The molecule has 19 heavy (non-hydrogen) atoms. The average molecular weight is 296 g/mol. The average Bonchev–Trinajstić information content (AvgIpc) is 2.83. The molecule has 0 bridgehead atoms. The maximum atomic E-state index is 11.7. The first-order valence-electron chi connectivity index (χ1n) is 5.88. The SMILES string of the molecule is Cc1ccc(C(=O)NCCSc2ccc(Cl)cc2)o1. The molecular formula is C14H14ClNO2S. The molecule has 0 aliphatic rings. The lowest BCUT2D eigenvalue weighted by Crippen LogP contribution is -2.25. The Morgan fingerprint density at radius 2 is 2.00 bits per heavy atom. The highest BCUT2D eigenvalue weighted by Crippen LogP contribution is 2.19. The van der Waals surface area contributed by atoms with Crippen molar-refractivity contribution in [2.45, 2.75) is 11.8 Å². The van der Waals surface area contributed by atoms with Gasteiger partial charge < -0.3 is 9.73 Å². The van der Waals surface area contributed by atoms with E-state index in [2.05, 4.69) is 5.32 Å². The molecule has 1 aromatic carbocycles. The number of carbonyl (C=O) groups excluding carboxylic acids is 1. The molecule has 0 unspecified atom stereocenters. The quantitative estimate of drug-likeness (QED) is 0.674. The Labute approximate surface area is 121 Å². The van der Waals surface area contributed by atoms with Gasteiger partial charge in [0, 0.05) is 22.2 Å². The molecule has 0 atom stereocenters. The van der Waals surface area contributed by atoms with E-state index < -0.39 is 0 Å². The Bertz CT molecular complexity index is 551. The van der Waals surface area contributed by atoms with Gasteiger partial charge in [0.25, 0.3) is 5.91 Å². The van der Waals surface area contributed by atoms with Gasteiger partial charge in [-0.15, -0.1) is 11.8 Å².